The summed E-state index contributed by atoms with van der Waals surface area (Å²) in [7, 11) is -3.44. The first-order chi connectivity index (χ1) is 11.5. The van der Waals surface area contributed by atoms with Gasteiger partial charge in [-0.05, 0) is 46.7 Å². The normalized spacial score (nSPS) is 16.2. The van der Waals surface area contributed by atoms with Crippen LogP contribution in [0.15, 0.2) is 38.5 Å². The van der Waals surface area contributed by atoms with Crippen LogP contribution in [0, 0.1) is 0 Å². The van der Waals surface area contributed by atoms with Gasteiger partial charge in [-0.25, -0.2) is 17.9 Å². The highest BCUT2D eigenvalue weighted by Gasteiger charge is 2.26. The topological polar surface area (TPSA) is 78.5 Å². The average Bonchev–Trinajstić information content (AvgIpc) is 3.26. The highest BCUT2D eigenvalue weighted by molar-refractivity contribution is 7.91. The lowest BCUT2D eigenvalue weighted by Crippen LogP contribution is -2.49. The Kier molecular flexibility index (Phi) is 5.54. The average molecular weight is 386 g/mol. The Bertz CT molecular complexity index is 749. The van der Waals surface area contributed by atoms with E-state index in [9.17, 15) is 13.2 Å². The van der Waals surface area contributed by atoms with Crippen LogP contribution in [0.25, 0.3) is 0 Å². The lowest BCUT2D eigenvalue weighted by molar-refractivity contribution is 0.179. The maximum atomic E-state index is 12.2. The molecule has 0 bridgehead atoms. The summed E-state index contributed by atoms with van der Waals surface area (Å²) in [5.74, 6) is 0. The third-order valence-electron chi connectivity index (χ3n) is 3.89. The summed E-state index contributed by atoms with van der Waals surface area (Å²) < 4.78 is 27.5. The minimum atomic E-state index is -3.44. The van der Waals surface area contributed by atoms with Crippen molar-refractivity contribution in [2.75, 3.05) is 13.1 Å². The first-order valence-electron chi connectivity index (χ1n) is 7.64. The number of nitrogens with one attached hydrogen (secondary N) is 2. The minimum Gasteiger partial charge on any atom is -0.334 e. The van der Waals surface area contributed by atoms with E-state index < -0.39 is 10.0 Å². The number of carbonyl (C=O) groups excluding carboxylic acids is 1. The zero-order valence-electron chi connectivity index (χ0n) is 13.0. The van der Waals surface area contributed by atoms with Crippen LogP contribution in [0.4, 0.5) is 4.79 Å². The molecule has 1 fully saturated rings. The summed E-state index contributed by atoms with van der Waals surface area (Å²) in [6, 6.07) is 5.08. The summed E-state index contributed by atoms with van der Waals surface area (Å²) in [4.78, 5) is 13.9. The number of sulfonamides is 1. The van der Waals surface area contributed by atoms with E-state index in [0.717, 1.165) is 5.56 Å². The van der Waals surface area contributed by atoms with Crippen molar-refractivity contribution in [1.29, 1.82) is 0 Å². The maximum absolute atomic E-state index is 12.2. The van der Waals surface area contributed by atoms with Gasteiger partial charge in [0.1, 0.15) is 4.21 Å². The molecule has 0 atom stereocenters. The Balaban J connectivity index is 1.46. The van der Waals surface area contributed by atoms with Crippen molar-refractivity contribution in [1.82, 2.24) is 14.9 Å². The van der Waals surface area contributed by atoms with Crippen molar-refractivity contribution in [2.24, 2.45) is 0 Å². The fourth-order valence-electron chi connectivity index (χ4n) is 2.58. The van der Waals surface area contributed by atoms with Gasteiger partial charge in [0.15, 0.2) is 0 Å². The largest absolute Gasteiger partial charge is 0.334 e. The number of nitrogens with zero attached hydrogens (tertiary/aromatic N) is 1. The van der Waals surface area contributed by atoms with E-state index in [4.69, 9.17) is 0 Å². The van der Waals surface area contributed by atoms with Crippen molar-refractivity contribution in [3.63, 3.8) is 0 Å². The van der Waals surface area contributed by atoms with Crippen LogP contribution < -0.4 is 10.0 Å². The van der Waals surface area contributed by atoms with Crippen LogP contribution in [0.2, 0.25) is 0 Å². The fraction of sp³-hybridized carbons (Fsp3) is 0.400. The number of rotatable bonds is 5. The highest BCUT2D eigenvalue weighted by Crippen LogP contribution is 2.18. The van der Waals surface area contributed by atoms with Gasteiger partial charge in [0.2, 0.25) is 10.0 Å². The fourth-order valence-corrected chi connectivity index (χ4v) is 5.56. The van der Waals surface area contributed by atoms with Crippen LogP contribution in [0.5, 0.6) is 0 Å². The summed E-state index contributed by atoms with van der Waals surface area (Å²) in [6.07, 6.45) is 1.24. The summed E-state index contributed by atoms with van der Waals surface area (Å²) in [5, 5.41) is 8.63. The second-order valence-electron chi connectivity index (χ2n) is 5.61. The number of hydrogen-bond acceptors (Lipinski definition) is 5. The van der Waals surface area contributed by atoms with Gasteiger partial charge in [-0.2, -0.15) is 11.3 Å². The molecule has 24 heavy (non-hydrogen) atoms. The molecule has 130 valence electrons. The predicted octanol–water partition coefficient (Wildman–Crippen LogP) is 2.46. The molecule has 1 saturated heterocycles. The lowest BCUT2D eigenvalue weighted by Gasteiger charge is -2.32. The molecular weight excluding hydrogens is 366 g/mol. The van der Waals surface area contributed by atoms with Crippen molar-refractivity contribution < 1.29 is 13.2 Å². The Morgan fingerprint density at radius 2 is 2.04 bits per heavy atom. The Morgan fingerprint density at radius 3 is 2.67 bits per heavy atom. The van der Waals surface area contributed by atoms with E-state index in [0.29, 0.717) is 36.7 Å². The van der Waals surface area contributed by atoms with Crippen molar-refractivity contribution >= 4 is 38.7 Å². The molecule has 2 amide bonds. The number of urea groups is 1. The van der Waals surface area contributed by atoms with Gasteiger partial charge < -0.3 is 10.2 Å². The predicted molar refractivity (Wildman–Crippen MR) is 95.8 cm³/mol. The van der Waals surface area contributed by atoms with E-state index in [1.807, 2.05) is 16.8 Å². The molecule has 1 aliphatic heterocycles. The third kappa shape index (κ3) is 4.35. The van der Waals surface area contributed by atoms with Crippen LogP contribution in [-0.2, 0) is 16.6 Å². The smallest absolute Gasteiger partial charge is 0.317 e. The molecule has 0 unspecified atom stereocenters. The summed E-state index contributed by atoms with van der Waals surface area (Å²) in [6.45, 7) is 1.62. The molecule has 2 N–H and O–H groups in total. The van der Waals surface area contributed by atoms with Crippen molar-refractivity contribution in [3.8, 4) is 0 Å². The van der Waals surface area contributed by atoms with Crippen LogP contribution in [0.3, 0.4) is 0 Å². The van der Waals surface area contributed by atoms with Gasteiger partial charge in [-0.3, -0.25) is 0 Å². The third-order valence-corrected chi connectivity index (χ3v) is 7.54. The van der Waals surface area contributed by atoms with E-state index >= 15 is 0 Å². The first-order valence-corrected chi connectivity index (χ1v) is 10.9. The van der Waals surface area contributed by atoms with Gasteiger partial charge in [0.25, 0.3) is 0 Å². The molecule has 0 saturated carbocycles. The minimum absolute atomic E-state index is 0.0965. The number of thiophene rings is 2. The van der Waals surface area contributed by atoms with Crippen molar-refractivity contribution in [3.05, 3.63) is 39.9 Å². The molecule has 0 spiro atoms. The van der Waals surface area contributed by atoms with Gasteiger partial charge >= 0.3 is 6.03 Å². The zero-order chi connectivity index (χ0) is 17.0. The van der Waals surface area contributed by atoms with E-state index in [-0.39, 0.29) is 12.1 Å². The molecule has 0 radical (unpaired) electrons. The standard InChI is InChI=1S/C15H19N3O3S3/c19-15(16-10-12-5-9-22-11-12)18-6-3-13(4-7-18)17-24(20,21)14-2-1-8-23-14/h1-2,5,8-9,11,13,17H,3-4,6-7,10H2,(H,16,19). The second kappa shape index (κ2) is 7.64. The first kappa shape index (κ1) is 17.4. The molecule has 3 heterocycles. The van der Waals surface area contributed by atoms with E-state index in [2.05, 4.69) is 10.0 Å². The maximum Gasteiger partial charge on any atom is 0.317 e. The second-order valence-corrected chi connectivity index (χ2v) is 9.27. The number of carbonyl (C=O) groups is 1. The highest BCUT2D eigenvalue weighted by atomic mass is 32.2. The number of likely N-dealkylation sites (tertiary alicyclic amines) is 1. The molecule has 0 aromatic carbocycles. The molecule has 0 aliphatic carbocycles. The number of piperidine rings is 1. The monoisotopic (exact) mass is 385 g/mol. The van der Waals surface area contributed by atoms with Gasteiger partial charge in [0.05, 0.1) is 0 Å². The Morgan fingerprint density at radius 1 is 1.25 bits per heavy atom. The molecular formula is C15H19N3O3S3. The zero-order valence-corrected chi connectivity index (χ0v) is 15.4. The van der Waals surface area contributed by atoms with Crippen LogP contribution >= 0.6 is 22.7 Å². The number of amides is 2. The van der Waals surface area contributed by atoms with Crippen LogP contribution in [0.1, 0.15) is 18.4 Å². The lowest BCUT2D eigenvalue weighted by atomic mass is 10.1. The van der Waals surface area contributed by atoms with Crippen LogP contribution in [-0.4, -0.2) is 38.5 Å². The molecule has 3 rings (SSSR count). The molecule has 1 aliphatic rings. The SMILES string of the molecule is O=C(NCc1ccsc1)N1CCC(NS(=O)(=O)c2cccs2)CC1. The molecule has 2 aromatic heterocycles. The molecule has 2 aromatic rings. The van der Waals surface area contributed by atoms with E-state index in [1.54, 1.807) is 33.7 Å². The van der Waals surface area contributed by atoms with Gasteiger partial charge in [-0.15, -0.1) is 11.3 Å². The molecule has 6 nitrogen and oxygen atoms in total. The Hall–Kier alpha value is -1.42. The Labute approximate surface area is 149 Å². The number of hydrogen-bond donors (Lipinski definition) is 2. The van der Waals surface area contributed by atoms with Crippen molar-refractivity contribution in [2.45, 2.75) is 29.6 Å². The summed E-state index contributed by atoms with van der Waals surface area (Å²) in [5.41, 5.74) is 1.09. The molecule has 9 heteroatoms. The van der Waals surface area contributed by atoms with Gasteiger partial charge in [-0.1, -0.05) is 6.07 Å². The quantitative estimate of drug-likeness (QED) is 0.830. The summed E-state index contributed by atoms with van der Waals surface area (Å²) >= 11 is 2.81. The van der Waals surface area contributed by atoms with Gasteiger partial charge in [0, 0.05) is 25.7 Å². The van der Waals surface area contributed by atoms with E-state index in [1.165, 1.54) is 11.3 Å².